The lowest BCUT2D eigenvalue weighted by atomic mass is 9.94. The maximum atomic E-state index is 15.0. The van der Waals surface area contributed by atoms with E-state index in [2.05, 4.69) is 20.4 Å². The van der Waals surface area contributed by atoms with Crippen LogP contribution in [0.5, 0.6) is 5.75 Å². The van der Waals surface area contributed by atoms with Crippen molar-refractivity contribution in [1.82, 2.24) is 20.4 Å². The molecule has 0 radical (unpaired) electrons. The van der Waals surface area contributed by atoms with E-state index in [0.717, 1.165) is 69.7 Å². The van der Waals surface area contributed by atoms with Gasteiger partial charge in [0, 0.05) is 63.0 Å². The van der Waals surface area contributed by atoms with E-state index in [1.54, 1.807) is 12.1 Å². The second-order valence-electron chi connectivity index (χ2n) is 13.3. The first-order valence-corrected chi connectivity index (χ1v) is 16.4. The van der Waals surface area contributed by atoms with E-state index in [4.69, 9.17) is 10.5 Å². The fourth-order valence-corrected chi connectivity index (χ4v) is 7.14. The summed E-state index contributed by atoms with van der Waals surface area (Å²) in [5.41, 5.74) is 9.05. The number of fused-ring (bicyclic) bond motifs is 1. The molecule has 46 heavy (non-hydrogen) atoms. The minimum absolute atomic E-state index is 0.0197. The van der Waals surface area contributed by atoms with Crippen molar-refractivity contribution in [1.29, 1.82) is 0 Å². The third-order valence-electron chi connectivity index (χ3n) is 9.67. The third-order valence-corrected chi connectivity index (χ3v) is 9.67. The number of halogens is 1. The number of hydrogen-bond donors (Lipinski definition) is 3. The van der Waals surface area contributed by atoms with E-state index < -0.39 is 23.7 Å². The highest BCUT2D eigenvalue weighted by Gasteiger charge is 2.36. The van der Waals surface area contributed by atoms with Crippen molar-refractivity contribution in [2.45, 2.75) is 77.1 Å². The summed E-state index contributed by atoms with van der Waals surface area (Å²) in [6.07, 6.45) is 4.16. The summed E-state index contributed by atoms with van der Waals surface area (Å²) in [6.45, 7) is 8.98. The van der Waals surface area contributed by atoms with Crippen LogP contribution in [0.1, 0.15) is 78.7 Å². The van der Waals surface area contributed by atoms with Gasteiger partial charge in [-0.15, -0.1) is 0 Å². The van der Waals surface area contributed by atoms with Crippen LogP contribution in [0.3, 0.4) is 0 Å². The maximum Gasteiger partial charge on any atom is 0.254 e. The number of amides is 4. The van der Waals surface area contributed by atoms with Crippen molar-refractivity contribution in [3.63, 3.8) is 0 Å². The van der Waals surface area contributed by atoms with E-state index in [0.29, 0.717) is 29.5 Å². The van der Waals surface area contributed by atoms with Gasteiger partial charge in [-0.3, -0.25) is 24.5 Å². The summed E-state index contributed by atoms with van der Waals surface area (Å²) in [5.74, 6) is -1.08. The van der Waals surface area contributed by atoms with Crippen molar-refractivity contribution in [3.8, 4) is 5.75 Å². The van der Waals surface area contributed by atoms with Crippen LogP contribution < -0.4 is 26.0 Å². The van der Waals surface area contributed by atoms with Crippen LogP contribution in [0, 0.1) is 11.7 Å². The topological polar surface area (TPSA) is 137 Å². The molecule has 1 unspecified atom stereocenters. The minimum Gasteiger partial charge on any atom is -0.489 e. The molecule has 3 fully saturated rings. The molecule has 246 valence electrons. The standard InChI is InChI=1S/C34H43FN6O5/c1-20(2)46-30-17-26-22(15-28(30)36)19-41(34(26)45)23-9-11-39(12-10-23)18-21-7-13-40(14-8-21)24-3-4-25(27(35)16-24)32(43)37-29-5-6-31(42)38-33(29)44/h3-4,15-17,20-21,23,29H,5-14,18-19,36H2,1-2H3,(H,37,43)(H,38,42,44). The SMILES string of the molecule is CC(C)Oc1cc2c(cc1N)CN(C1CCN(CC3CCN(c4ccc(C(=O)NC5CCC(=O)NC5=O)c(F)c4)CC3)CC1)C2=O. The molecule has 4 heterocycles. The maximum absolute atomic E-state index is 15.0. The average molecular weight is 635 g/mol. The number of nitrogens with one attached hydrogen (secondary N) is 2. The van der Waals surface area contributed by atoms with Gasteiger partial charge in [0.05, 0.1) is 17.4 Å². The van der Waals surface area contributed by atoms with Crippen molar-refractivity contribution in [2.75, 3.05) is 43.4 Å². The zero-order valence-corrected chi connectivity index (χ0v) is 26.5. The Balaban J connectivity index is 0.955. The molecular weight excluding hydrogens is 591 g/mol. The van der Waals surface area contributed by atoms with Crippen LogP contribution in [0.4, 0.5) is 15.8 Å². The Kier molecular flexibility index (Phi) is 9.17. The molecule has 4 aliphatic rings. The van der Waals surface area contributed by atoms with Crippen LogP contribution in [-0.2, 0) is 16.1 Å². The van der Waals surface area contributed by atoms with Gasteiger partial charge in [-0.2, -0.15) is 0 Å². The van der Waals surface area contributed by atoms with E-state index in [9.17, 15) is 23.6 Å². The fraction of sp³-hybridized carbons (Fsp3) is 0.529. The van der Waals surface area contributed by atoms with Crippen molar-refractivity contribution in [2.24, 2.45) is 5.92 Å². The molecule has 0 spiro atoms. The van der Waals surface area contributed by atoms with Gasteiger partial charge in [-0.1, -0.05) is 0 Å². The Bertz CT molecular complexity index is 1520. The largest absolute Gasteiger partial charge is 0.489 e. The van der Waals surface area contributed by atoms with Crippen LogP contribution in [0.25, 0.3) is 0 Å². The third kappa shape index (κ3) is 6.81. The Morgan fingerprint density at radius 3 is 2.46 bits per heavy atom. The van der Waals surface area contributed by atoms with Gasteiger partial charge in [0.15, 0.2) is 0 Å². The molecule has 11 nitrogen and oxygen atoms in total. The highest BCUT2D eigenvalue weighted by molar-refractivity contribution is 6.04. The number of nitrogens with zero attached hydrogens (tertiary/aromatic N) is 3. The van der Waals surface area contributed by atoms with Gasteiger partial charge in [0.25, 0.3) is 11.8 Å². The molecule has 2 aromatic rings. The van der Waals surface area contributed by atoms with E-state index in [1.165, 1.54) is 12.1 Å². The Morgan fingerprint density at radius 2 is 1.78 bits per heavy atom. The number of carbonyl (C=O) groups is 4. The first-order chi connectivity index (χ1) is 22.0. The summed E-state index contributed by atoms with van der Waals surface area (Å²) in [4.78, 5) is 55.9. The lowest BCUT2D eigenvalue weighted by molar-refractivity contribution is -0.134. The number of carbonyl (C=O) groups excluding carboxylic acids is 4. The average Bonchev–Trinajstić information content (AvgIpc) is 3.33. The van der Waals surface area contributed by atoms with Crippen molar-refractivity contribution >= 4 is 35.0 Å². The highest BCUT2D eigenvalue weighted by Crippen LogP contribution is 2.35. The zero-order valence-electron chi connectivity index (χ0n) is 26.5. The number of likely N-dealkylation sites (tertiary alicyclic amines) is 1. The summed E-state index contributed by atoms with van der Waals surface area (Å²) >= 11 is 0. The van der Waals surface area contributed by atoms with Gasteiger partial charge in [-0.05, 0) is 87.8 Å². The Hall–Kier alpha value is -4.19. The molecule has 2 aromatic carbocycles. The first kappa shape index (κ1) is 31.8. The van der Waals surface area contributed by atoms with Crippen LogP contribution in [-0.4, -0.2) is 84.3 Å². The van der Waals surface area contributed by atoms with E-state index in [-0.39, 0.29) is 42.4 Å². The summed E-state index contributed by atoms with van der Waals surface area (Å²) < 4.78 is 20.8. The van der Waals surface area contributed by atoms with E-state index >= 15 is 0 Å². The number of piperidine rings is 3. The van der Waals surface area contributed by atoms with E-state index in [1.807, 2.05) is 24.8 Å². The van der Waals surface area contributed by atoms with Gasteiger partial charge < -0.3 is 30.5 Å². The molecule has 4 amide bonds. The molecule has 1 atom stereocenters. The lowest BCUT2D eigenvalue weighted by Crippen LogP contribution is -2.52. The van der Waals surface area contributed by atoms with Gasteiger partial charge in [-0.25, -0.2) is 4.39 Å². The Morgan fingerprint density at radius 1 is 1.04 bits per heavy atom. The molecule has 0 aliphatic carbocycles. The normalized spacial score (nSPS) is 21.5. The predicted molar refractivity (Wildman–Crippen MR) is 171 cm³/mol. The molecule has 6 rings (SSSR count). The van der Waals surface area contributed by atoms with Gasteiger partial charge >= 0.3 is 0 Å². The number of imide groups is 1. The molecule has 4 aliphatic heterocycles. The van der Waals surface area contributed by atoms with Crippen molar-refractivity contribution < 1.29 is 28.3 Å². The van der Waals surface area contributed by atoms with Gasteiger partial charge in [0.2, 0.25) is 11.8 Å². The first-order valence-electron chi connectivity index (χ1n) is 16.4. The summed E-state index contributed by atoms with van der Waals surface area (Å²) in [6, 6.07) is 7.63. The molecule has 0 bridgehead atoms. The lowest BCUT2D eigenvalue weighted by Gasteiger charge is -2.40. The summed E-state index contributed by atoms with van der Waals surface area (Å²) in [7, 11) is 0. The van der Waals surface area contributed by atoms with Crippen LogP contribution in [0.2, 0.25) is 0 Å². The fourth-order valence-electron chi connectivity index (χ4n) is 7.14. The number of nitrogen functional groups attached to an aromatic ring is 1. The van der Waals surface area contributed by atoms with Crippen molar-refractivity contribution in [3.05, 3.63) is 52.8 Å². The summed E-state index contributed by atoms with van der Waals surface area (Å²) in [5, 5.41) is 4.72. The Labute approximate surface area is 268 Å². The number of hydrogen-bond acceptors (Lipinski definition) is 8. The quantitative estimate of drug-likeness (QED) is 0.298. The number of nitrogens with two attached hydrogens (primary N) is 1. The number of ether oxygens (including phenoxy) is 1. The zero-order chi connectivity index (χ0) is 32.5. The number of benzene rings is 2. The van der Waals surface area contributed by atoms with Gasteiger partial charge in [0.1, 0.15) is 17.6 Å². The highest BCUT2D eigenvalue weighted by atomic mass is 19.1. The minimum atomic E-state index is -0.854. The molecule has 12 heteroatoms. The second-order valence-corrected chi connectivity index (χ2v) is 13.3. The van der Waals surface area contributed by atoms with Crippen LogP contribution >= 0.6 is 0 Å². The molecule has 0 aromatic heterocycles. The molecular formula is C34H43FN6O5. The number of anilines is 2. The monoisotopic (exact) mass is 634 g/mol. The predicted octanol–water partition coefficient (Wildman–Crippen LogP) is 3.07. The second kappa shape index (κ2) is 13.3. The molecule has 4 N–H and O–H groups in total. The van der Waals surface area contributed by atoms with Crippen LogP contribution in [0.15, 0.2) is 30.3 Å². The smallest absolute Gasteiger partial charge is 0.254 e. The molecule has 3 saturated heterocycles. The number of rotatable bonds is 8. The molecule has 0 saturated carbocycles.